The van der Waals surface area contributed by atoms with E-state index in [0.29, 0.717) is 29.9 Å². The van der Waals surface area contributed by atoms with Gasteiger partial charge >= 0.3 is 0 Å². The van der Waals surface area contributed by atoms with E-state index >= 15 is 0 Å². The Hall–Kier alpha value is -2.35. The first-order chi connectivity index (χ1) is 15.6. The highest BCUT2D eigenvalue weighted by Gasteiger charge is 2.52. The number of fused-ring (bicyclic) bond motifs is 2. The molecule has 3 aromatic rings. The first-order valence-corrected chi connectivity index (χ1v) is 11.8. The van der Waals surface area contributed by atoms with Gasteiger partial charge in [0.05, 0.1) is 35.0 Å². The fraction of sp³-hybridized carbons (Fsp3) is 0.500. The van der Waals surface area contributed by atoms with Crippen LogP contribution < -0.4 is 9.64 Å². The van der Waals surface area contributed by atoms with Gasteiger partial charge in [0.1, 0.15) is 6.10 Å². The molecule has 3 fully saturated rings. The number of halogens is 1. The number of anilines is 1. The molecule has 1 N–H and O–H groups in total. The smallest absolute Gasteiger partial charge is 0.296 e. The molecule has 168 valence electrons. The Morgan fingerprint density at radius 3 is 2.78 bits per heavy atom. The number of aromatic amines is 1. The summed E-state index contributed by atoms with van der Waals surface area (Å²) in [4.78, 5) is 14.9. The second-order valence-electron chi connectivity index (χ2n) is 9.15. The van der Waals surface area contributed by atoms with E-state index < -0.39 is 0 Å². The molecule has 3 aliphatic heterocycles. The summed E-state index contributed by atoms with van der Waals surface area (Å²) in [6.07, 6.45) is 4.45. The third-order valence-corrected chi connectivity index (χ3v) is 7.23. The zero-order valence-electron chi connectivity index (χ0n) is 18.1. The Labute approximate surface area is 192 Å². The third-order valence-electron chi connectivity index (χ3n) is 6.94. The number of rotatable bonds is 4. The normalized spacial score (nSPS) is 27.8. The summed E-state index contributed by atoms with van der Waals surface area (Å²) in [6.45, 7) is 5.50. The molecule has 0 amide bonds. The van der Waals surface area contributed by atoms with Gasteiger partial charge in [-0.3, -0.25) is 0 Å². The fourth-order valence-electron chi connectivity index (χ4n) is 5.10. The number of aromatic nitrogens is 3. The molecule has 0 spiro atoms. The first-order valence-electron chi connectivity index (χ1n) is 11.4. The van der Waals surface area contributed by atoms with E-state index in [-0.39, 0.29) is 17.8 Å². The minimum Gasteiger partial charge on any atom is -0.456 e. The van der Waals surface area contributed by atoms with Crippen molar-refractivity contribution < 1.29 is 14.2 Å². The Bertz CT molecular complexity index is 1130. The summed E-state index contributed by atoms with van der Waals surface area (Å²) in [6, 6.07) is 10.7. The lowest BCUT2D eigenvalue weighted by atomic mass is 9.97. The van der Waals surface area contributed by atoms with Gasteiger partial charge in [-0.05, 0) is 44.4 Å². The van der Waals surface area contributed by atoms with Crippen molar-refractivity contribution in [3.05, 3.63) is 35.4 Å². The molecule has 7 nitrogen and oxygen atoms in total. The molecule has 5 heterocycles. The molecule has 3 aliphatic rings. The maximum Gasteiger partial charge on any atom is 0.296 e. The topological polar surface area (TPSA) is 72.5 Å². The lowest BCUT2D eigenvalue weighted by Crippen LogP contribution is -2.39. The molecule has 0 saturated carbocycles. The molecule has 0 radical (unpaired) electrons. The lowest BCUT2D eigenvalue weighted by molar-refractivity contribution is -0.0124. The summed E-state index contributed by atoms with van der Waals surface area (Å²) < 4.78 is 17.9. The van der Waals surface area contributed by atoms with E-state index in [1.165, 1.54) is 24.9 Å². The molecular formula is C24H27ClN4O3. The van der Waals surface area contributed by atoms with Gasteiger partial charge in [-0.2, -0.15) is 4.98 Å². The van der Waals surface area contributed by atoms with Crippen molar-refractivity contribution in [3.63, 3.8) is 0 Å². The number of nitrogens with zero attached hydrogens (tertiary/aromatic N) is 3. The van der Waals surface area contributed by atoms with Gasteiger partial charge in [0.2, 0.25) is 0 Å². The van der Waals surface area contributed by atoms with Gasteiger partial charge in [0.25, 0.3) is 6.01 Å². The number of piperidine rings is 1. The number of hydrogen-bond acceptors (Lipinski definition) is 6. The number of nitrogens with one attached hydrogen (secondary N) is 1. The van der Waals surface area contributed by atoms with Crippen molar-refractivity contribution in [2.45, 2.75) is 50.4 Å². The van der Waals surface area contributed by atoms with E-state index in [4.69, 9.17) is 30.8 Å². The average molecular weight is 455 g/mol. The van der Waals surface area contributed by atoms with Crippen LogP contribution in [0.1, 0.15) is 32.6 Å². The molecule has 2 aromatic heterocycles. The number of hydrogen-bond donors (Lipinski definition) is 1. The van der Waals surface area contributed by atoms with Gasteiger partial charge < -0.3 is 24.1 Å². The van der Waals surface area contributed by atoms with Gasteiger partial charge in [-0.1, -0.05) is 23.7 Å². The Kier molecular flexibility index (Phi) is 5.01. The van der Waals surface area contributed by atoms with Gasteiger partial charge in [0.15, 0.2) is 11.8 Å². The Morgan fingerprint density at radius 1 is 1.16 bits per heavy atom. The quantitative estimate of drug-likeness (QED) is 0.621. The van der Waals surface area contributed by atoms with Gasteiger partial charge in [0, 0.05) is 30.8 Å². The lowest BCUT2D eigenvalue weighted by Gasteiger charge is -2.28. The highest BCUT2D eigenvalue weighted by molar-refractivity contribution is 6.33. The Balaban J connectivity index is 1.24. The highest BCUT2D eigenvalue weighted by Crippen LogP contribution is 2.38. The zero-order valence-corrected chi connectivity index (χ0v) is 18.9. The summed E-state index contributed by atoms with van der Waals surface area (Å²) in [5, 5.41) is 0.578. The molecule has 0 bridgehead atoms. The highest BCUT2D eigenvalue weighted by atomic mass is 35.5. The molecule has 32 heavy (non-hydrogen) atoms. The standard InChI is InChI=1S/C24H27ClN4O3/c1-24-9-12-30-21(24)19(14-31-24)32-23-26-18-13-17(25)20(27-22(18)28-23)15-5-7-16(8-6-15)29-10-3-2-4-11-29/h5-8,13,19,21H,2-4,9-12,14H2,1H3,(H,26,27,28). The van der Waals surface area contributed by atoms with E-state index in [1.54, 1.807) is 0 Å². The van der Waals surface area contributed by atoms with Crippen molar-refractivity contribution in [1.29, 1.82) is 0 Å². The van der Waals surface area contributed by atoms with Crippen LogP contribution in [0.15, 0.2) is 30.3 Å². The predicted octanol–water partition coefficient (Wildman–Crippen LogP) is 4.59. The molecule has 6 rings (SSSR count). The summed E-state index contributed by atoms with van der Waals surface area (Å²) >= 11 is 6.60. The summed E-state index contributed by atoms with van der Waals surface area (Å²) in [5.41, 5.74) is 3.99. The molecule has 1 aromatic carbocycles. The number of benzene rings is 1. The van der Waals surface area contributed by atoms with Crippen LogP contribution in [-0.4, -0.2) is 59.1 Å². The predicted molar refractivity (Wildman–Crippen MR) is 124 cm³/mol. The average Bonchev–Trinajstić information content (AvgIpc) is 3.47. The minimum absolute atomic E-state index is 0.0822. The van der Waals surface area contributed by atoms with Crippen LogP contribution in [0.2, 0.25) is 5.02 Å². The van der Waals surface area contributed by atoms with E-state index in [1.807, 2.05) is 6.07 Å². The first kappa shape index (κ1) is 20.3. The van der Waals surface area contributed by atoms with Crippen LogP contribution in [0, 0.1) is 0 Å². The van der Waals surface area contributed by atoms with E-state index in [0.717, 1.165) is 36.3 Å². The third kappa shape index (κ3) is 3.52. The van der Waals surface area contributed by atoms with Crippen molar-refractivity contribution >= 4 is 28.5 Å². The zero-order chi connectivity index (χ0) is 21.7. The van der Waals surface area contributed by atoms with Crippen molar-refractivity contribution in [2.75, 3.05) is 31.2 Å². The van der Waals surface area contributed by atoms with Crippen LogP contribution in [0.25, 0.3) is 22.4 Å². The summed E-state index contributed by atoms with van der Waals surface area (Å²) in [7, 11) is 0. The maximum absolute atomic E-state index is 6.60. The fourth-order valence-corrected chi connectivity index (χ4v) is 5.36. The Morgan fingerprint density at radius 2 is 1.97 bits per heavy atom. The second-order valence-corrected chi connectivity index (χ2v) is 9.56. The molecule has 0 aliphatic carbocycles. The van der Waals surface area contributed by atoms with E-state index in [9.17, 15) is 0 Å². The minimum atomic E-state index is -0.272. The number of imidazole rings is 1. The van der Waals surface area contributed by atoms with Crippen molar-refractivity contribution in [1.82, 2.24) is 15.0 Å². The number of pyridine rings is 1. The molecule has 3 unspecified atom stereocenters. The van der Waals surface area contributed by atoms with Crippen LogP contribution in [0.3, 0.4) is 0 Å². The maximum atomic E-state index is 6.60. The molecular weight excluding hydrogens is 428 g/mol. The molecule has 3 saturated heterocycles. The van der Waals surface area contributed by atoms with Gasteiger partial charge in [-0.25, -0.2) is 4.98 Å². The molecule has 8 heteroatoms. The van der Waals surface area contributed by atoms with Crippen LogP contribution >= 0.6 is 11.6 Å². The number of ether oxygens (including phenoxy) is 3. The SMILES string of the molecule is CC12CCOC1C(Oc1nc3nc(-c4ccc(N5CCCCC5)cc4)c(Cl)cc3[nH]1)CO2. The van der Waals surface area contributed by atoms with Crippen LogP contribution in [0.5, 0.6) is 6.01 Å². The largest absolute Gasteiger partial charge is 0.456 e. The second kappa shape index (κ2) is 7.90. The van der Waals surface area contributed by atoms with Crippen molar-refractivity contribution in [2.24, 2.45) is 0 Å². The van der Waals surface area contributed by atoms with Crippen LogP contribution in [-0.2, 0) is 9.47 Å². The summed E-state index contributed by atoms with van der Waals surface area (Å²) in [5.74, 6) is 0. The van der Waals surface area contributed by atoms with Crippen LogP contribution in [0.4, 0.5) is 5.69 Å². The molecule has 3 atom stereocenters. The van der Waals surface area contributed by atoms with Gasteiger partial charge in [-0.15, -0.1) is 0 Å². The van der Waals surface area contributed by atoms with E-state index in [2.05, 4.69) is 46.1 Å². The van der Waals surface area contributed by atoms with Crippen molar-refractivity contribution in [3.8, 4) is 17.3 Å². The monoisotopic (exact) mass is 454 g/mol. The number of H-pyrrole nitrogens is 1.